The van der Waals surface area contributed by atoms with Gasteiger partial charge in [0.05, 0.1) is 11.5 Å². The molecule has 0 saturated heterocycles. The van der Waals surface area contributed by atoms with Gasteiger partial charge in [-0.25, -0.2) is 4.98 Å². The maximum atomic E-state index is 10.6. The Hall–Kier alpha value is -1.92. The Labute approximate surface area is 86.4 Å². The van der Waals surface area contributed by atoms with E-state index < -0.39 is 4.92 Å². The lowest BCUT2D eigenvalue weighted by Gasteiger charge is -2.07. The zero-order chi connectivity index (χ0) is 11.4. The number of aromatic nitrogens is 2. The summed E-state index contributed by atoms with van der Waals surface area (Å²) in [5.74, 6) is 0.126. The first-order chi connectivity index (χ1) is 7.00. The van der Waals surface area contributed by atoms with E-state index in [-0.39, 0.29) is 23.4 Å². The fourth-order valence-electron chi connectivity index (χ4n) is 0.850. The third-order valence-corrected chi connectivity index (χ3v) is 1.50. The quantitative estimate of drug-likeness (QED) is 0.589. The van der Waals surface area contributed by atoms with Crippen LogP contribution in [0.15, 0.2) is 6.20 Å². The smallest absolute Gasteiger partial charge is 0.349 e. The summed E-state index contributed by atoms with van der Waals surface area (Å²) >= 11 is 0. The van der Waals surface area contributed by atoms with Gasteiger partial charge in [0.15, 0.2) is 0 Å². The standard InChI is InChI=1S/C8H12N4O3/c1-5(2)4-15-7-6(12(13)14)3-10-8(9)11-7/h3,5H,4H2,1-2H3,(H2,9,10,11). The molecule has 0 aromatic carbocycles. The highest BCUT2D eigenvalue weighted by molar-refractivity contribution is 5.41. The first kappa shape index (κ1) is 11.2. The molecule has 1 rings (SSSR count). The van der Waals surface area contributed by atoms with Gasteiger partial charge in [-0.05, 0) is 5.92 Å². The predicted molar refractivity (Wildman–Crippen MR) is 53.4 cm³/mol. The molecule has 15 heavy (non-hydrogen) atoms. The number of anilines is 1. The highest BCUT2D eigenvalue weighted by atomic mass is 16.6. The van der Waals surface area contributed by atoms with Gasteiger partial charge in [0.2, 0.25) is 5.95 Å². The fourth-order valence-corrected chi connectivity index (χ4v) is 0.850. The molecule has 0 aliphatic carbocycles. The van der Waals surface area contributed by atoms with Crippen molar-refractivity contribution < 1.29 is 9.66 Å². The van der Waals surface area contributed by atoms with Gasteiger partial charge in [-0.1, -0.05) is 13.8 Å². The minimum Gasteiger partial charge on any atom is -0.472 e. The molecular weight excluding hydrogens is 200 g/mol. The van der Waals surface area contributed by atoms with Crippen molar-refractivity contribution in [2.24, 2.45) is 5.92 Å². The minimum atomic E-state index is -0.602. The van der Waals surface area contributed by atoms with E-state index >= 15 is 0 Å². The zero-order valence-corrected chi connectivity index (χ0v) is 8.51. The summed E-state index contributed by atoms with van der Waals surface area (Å²) in [4.78, 5) is 17.2. The molecule has 0 aliphatic heterocycles. The molecule has 82 valence electrons. The van der Waals surface area contributed by atoms with Crippen LogP contribution in [0.5, 0.6) is 5.88 Å². The highest BCUT2D eigenvalue weighted by Crippen LogP contribution is 2.23. The molecule has 1 aromatic heterocycles. The summed E-state index contributed by atoms with van der Waals surface area (Å²) in [6.07, 6.45) is 1.04. The summed E-state index contributed by atoms with van der Waals surface area (Å²) in [6, 6.07) is 0. The van der Waals surface area contributed by atoms with E-state index in [2.05, 4.69) is 9.97 Å². The normalized spacial score (nSPS) is 10.3. The second-order valence-corrected chi connectivity index (χ2v) is 3.38. The Morgan fingerprint density at radius 3 is 2.87 bits per heavy atom. The van der Waals surface area contributed by atoms with Gasteiger partial charge in [-0.2, -0.15) is 4.98 Å². The molecule has 0 fully saturated rings. The Bertz CT molecular complexity index is 367. The van der Waals surface area contributed by atoms with Crippen molar-refractivity contribution in [3.05, 3.63) is 16.3 Å². The molecule has 7 nitrogen and oxygen atoms in total. The molecule has 1 heterocycles. The van der Waals surface area contributed by atoms with Crippen molar-refractivity contribution in [1.29, 1.82) is 0 Å². The highest BCUT2D eigenvalue weighted by Gasteiger charge is 2.18. The third-order valence-electron chi connectivity index (χ3n) is 1.50. The molecule has 0 spiro atoms. The fraction of sp³-hybridized carbons (Fsp3) is 0.500. The van der Waals surface area contributed by atoms with Crippen molar-refractivity contribution in [1.82, 2.24) is 9.97 Å². The van der Waals surface area contributed by atoms with Crippen LogP contribution in [0.2, 0.25) is 0 Å². The Morgan fingerprint density at radius 1 is 1.67 bits per heavy atom. The van der Waals surface area contributed by atoms with Crippen molar-refractivity contribution in [3.8, 4) is 5.88 Å². The van der Waals surface area contributed by atoms with E-state index in [0.717, 1.165) is 6.20 Å². The number of hydrogen-bond donors (Lipinski definition) is 1. The van der Waals surface area contributed by atoms with E-state index in [1.54, 1.807) is 0 Å². The Kier molecular flexibility index (Phi) is 3.37. The zero-order valence-electron chi connectivity index (χ0n) is 8.51. The van der Waals surface area contributed by atoms with Crippen LogP contribution in [0.3, 0.4) is 0 Å². The summed E-state index contributed by atoms with van der Waals surface area (Å²) in [5, 5.41) is 10.6. The van der Waals surface area contributed by atoms with Crippen molar-refractivity contribution in [2.75, 3.05) is 12.3 Å². The molecular formula is C8H12N4O3. The van der Waals surface area contributed by atoms with Crippen molar-refractivity contribution in [3.63, 3.8) is 0 Å². The summed E-state index contributed by atoms with van der Waals surface area (Å²) in [7, 11) is 0. The molecule has 0 atom stereocenters. The lowest BCUT2D eigenvalue weighted by Crippen LogP contribution is -2.09. The summed E-state index contributed by atoms with van der Waals surface area (Å²) < 4.78 is 5.17. The van der Waals surface area contributed by atoms with E-state index in [9.17, 15) is 10.1 Å². The minimum absolute atomic E-state index is 0.0423. The molecule has 0 saturated carbocycles. The van der Waals surface area contributed by atoms with Gasteiger partial charge in [-0.3, -0.25) is 10.1 Å². The number of nitrogens with zero attached hydrogens (tertiary/aromatic N) is 3. The van der Waals surface area contributed by atoms with Crippen molar-refractivity contribution >= 4 is 11.6 Å². The predicted octanol–water partition coefficient (Wildman–Crippen LogP) is 1.00. The lowest BCUT2D eigenvalue weighted by molar-refractivity contribution is -0.386. The van der Waals surface area contributed by atoms with Crippen LogP contribution >= 0.6 is 0 Å². The average molecular weight is 212 g/mol. The number of ether oxygens (including phenoxy) is 1. The van der Waals surface area contributed by atoms with Crippen LogP contribution in [0.4, 0.5) is 11.6 Å². The first-order valence-electron chi connectivity index (χ1n) is 4.40. The molecule has 7 heteroatoms. The van der Waals surface area contributed by atoms with Crippen LogP contribution in [0, 0.1) is 16.0 Å². The maximum absolute atomic E-state index is 10.6. The number of rotatable bonds is 4. The Balaban J connectivity index is 2.92. The van der Waals surface area contributed by atoms with Crippen molar-refractivity contribution in [2.45, 2.75) is 13.8 Å². The molecule has 0 amide bonds. The van der Waals surface area contributed by atoms with Crippen LogP contribution in [-0.2, 0) is 0 Å². The summed E-state index contributed by atoms with van der Waals surface area (Å²) in [6.45, 7) is 4.20. The molecule has 2 N–H and O–H groups in total. The molecule has 0 unspecified atom stereocenters. The van der Waals surface area contributed by atoms with Gasteiger partial charge in [-0.15, -0.1) is 0 Å². The van der Waals surface area contributed by atoms with E-state index in [1.807, 2.05) is 13.8 Å². The van der Waals surface area contributed by atoms with Gasteiger partial charge < -0.3 is 10.5 Å². The molecule has 0 radical (unpaired) electrons. The molecule has 0 bridgehead atoms. The third kappa shape index (κ3) is 3.04. The SMILES string of the molecule is CC(C)COc1nc(N)ncc1[N+](=O)[O-]. The first-order valence-corrected chi connectivity index (χ1v) is 4.40. The van der Waals surface area contributed by atoms with E-state index in [4.69, 9.17) is 10.5 Å². The number of nitrogen functional groups attached to an aromatic ring is 1. The lowest BCUT2D eigenvalue weighted by atomic mass is 10.2. The van der Waals surface area contributed by atoms with Gasteiger partial charge in [0.1, 0.15) is 6.20 Å². The Morgan fingerprint density at radius 2 is 2.33 bits per heavy atom. The van der Waals surface area contributed by atoms with Crippen LogP contribution in [0.1, 0.15) is 13.8 Å². The largest absolute Gasteiger partial charge is 0.472 e. The van der Waals surface area contributed by atoms with Gasteiger partial charge >= 0.3 is 5.69 Å². The van der Waals surface area contributed by atoms with E-state index in [1.165, 1.54) is 0 Å². The second kappa shape index (κ2) is 4.54. The second-order valence-electron chi connectivity index (χ2n) is 3.38. The van der Waals surface area contributed by atoms with Crippen LogP contribution in [-0.4, -0.2) is 21.5 Å². The topological polar surface area (TPSA) is 104 Å². The van der Waals surface area contributed by atoms with Crippen LogP contribution < -0.4 is 10.5 Å². The van der Waals surface area contributed by atoms with Crippen LogP contribution in [0.25, 0.3) is 0 Å². The summed E-state index contributed by atoms with van der Waals surface area (Å²) in [5.41, 5.74) is 5.04. The van der Waals surface area contributed by atoms with Gasteiger partial charge in [0.25, 0.3) is 5.88 Å². The maximum Gasteiger partial charge on any atom is 0.349 e. The number of hydrogen-bond acceptors (Lipinski definition) is 6. The number of nitrogens with two attached hydrogens (primary N) is 1. The monoisotopic (exact) mass is 212 g/mol. The van der Waals surface area contributed by atoms with E-state index in [0.29, 0.717) is 6.61 Å². The van der Waals surface area contributed by atoms with Gasteiger partial charge in [0, 0.05) is 0 Å². The number of nitro groups is 1. The molecule has 0 aliphatic rings. The molecule has 1 aromatic rings. The average Bonchev–Trinajstić information content (AvgIpc) is 2.14.